The molecule has 1 aromatic rings. The van der Waals surface area contributed by atoms with Crippen LogP contribution >= 0.6 is 0 Å². The van der Waals surface area contributed by atoms with Crippen molar-refractivity contribution in [3.05, 3.63) is 42.0 Å². The van der Waals surface area contributed by atoms with Gasteiger partial charge in [0.2, 0.25) is 0 Å². The molecule has 3 rings (SSSR count). The first-order valence-electron chi connectivity index (χ1n) is 7.31. The summed E-state index contributed by atoms with van der Waals surface area (Å²) in [6.07, 6.45) is 1.22. The van der Waals surface area contributed by atoms with Crippen molar-refractivity contribution in [3.8, 4) is 0 Å². The Morgan fingerprint density at radius 1 is 1.11 bits per heavy atom. The van der Waals surface area contributed by atoms with Crippen LogP contribution in [0.3, 0.4) is 0 Å². The van der Waals surface area contributed by atoms with E-state index in [0.29, 0.717) is 0 Å². The Morgan fingerprint density at radius 3 is 2.25 bits per heavy atom. The number of carbonyl (C=O) groups is 5. The van der Waals surface area contributed by atoms with Gasteiger partial charge in [-0.2, -0.15) is 8.42 Å². The summed E-state index contributed by atoms with van der Waals surface area (Å²) in [4.78, 5) is 64.6. The van der Waals surface area contributed by atoms with Crippen LogP contribution in [0.15, 0.2) is 36.4 Å². The average Bonchev–Trinajstić information content (AvgIpc) is 3.08. The van der Waals surface area contributed by atoms with E-state index in [1.54, 1.807) is 0 Å². The molecule has 1 radical (unpaired) electrons. The first-order valence-corrected chi connectivity index (χ1v) is 8.81. The molecule has 141 valence electrons. The van der Waals surface area contributed by atoms with E-state index >= 15 is 0 Å². The van der Waals surface area contributed by atoms with Crippen molar-refractivity contribution in [3.63, 3.8) is 0 Å². The van der Waals surface area contributed by atoms with E-state index in [9.17, 15) is 32.4 Å². The zero-order chi connectivity index (χ0) is 19.9. The number of benzene rings is 1. The number of hydrogen-bond acceptors (Lipinski definition) is 8. The SMILES string of the molecule is O=C(ON1C(=O)CC(S(=O)(=O)O)C1=O)c1cccc(N2C(=O)C=CC2=O)c1.[Na]. The first-order chi connectivity index (χ1) is 12.6. The van der Waals surface area contributed by atoms with Gasteiger partial charge in [0.25, 0.3) is 33.7 Å². The maximum Gasteiger partial charge on any atom is 0.363 e. The second-order valence-electron chi connectivity index (χ2n) is 5.51. The van der Waals surface area contributed by atoms with Crippen LogP contribution in [0.4, 0.5) is 5.69 Å². The van der Waals surface area contributed by atoms with Gasteiger partial charge in [0, 0.05) is 41.7 Å². The van der Waals surface area contributed by atoms with Crippen LogP contribution in [0, 0.1) is 0 Å². The van der Waals surface area contributed by atoms with E-state index in [1.165, 1.54) is 18.2 Å². The third kappa shape index (κ3) is 4.05. The molecule has 2 aliphatic rings. The fourth-order valence-electron chi connectivity index (χ4n) is 2.47. The zero-order valence-electron chi connectivity index (χ0n) is 14.3. The van der Waals surface area contributed by atoms with Gasteiger partial charge in [0.1, 0.15) is 0 Å². The van der Waals surface area contributed by atoms with E-state index < -0.39 is 51.4 Å². The second-order valence-corrected chi connectivity index (χ2v) is 7.11. The molecule has 1 atom stereocenters. The standard InChI is InChI=1S/C15H10N2O9S.Na/c18-11-4-5-12(19)16(11)9-3-1-2-8(6-9)15(22)26-17-13(20)7-10(14(17)21)27(23,24)25;/h1-6,10H,7H2,(H,23,24,25);. The Bertz CT molecular complexity index is 1020. The maximum atomic E-state index is 12.2. The number of hydrogen-bond donors (Lipinski definition) is 1. The van der Waals surface area contributed by atoms with Crippen LogP contribution < -0.4 is 4.90 Å². The van der Waals surface area contributed by atoms with Gasteiger partial charge in [-0.1, -0.05) is 6.07 Å². The summed E-state index contributed by atoms with van der Waals surface area (Å²) in [6.45, 7) is 0. The Hall–Kier alpha value is -2.38. The summed E-state index contributed by atoms with van der Waals surface area (Å²) >= 11 is 0. The molecule has 1 saturated heterocycles. The molecular weight excluding hydrogens is 407 g/mol. The fraction of sp³-hybridized carbons (Fsp3) is 0.133. The van der Waals surface area contributed by atoms with Crippen LogP contribution in [-0.4, -0.2) is 82.4 Å². The number of nitrogens with zero attached hydrogens (tertiary/aromatic N) is 2. The maximum absolute atomic E-state index is 12.2. The second kappa shape index (κ2) is 7.93. The molecule has 11 nitrogen and oxygen atoms in total. The Labute approximate surface area is 179 Å². The van der Waals surface area contributed by atoms with Crippen molar-refractivity contribution in [1.29, 1.82) is 0 Å². The Morgan fingerprint density at radius 2 is 1.71 bits per heavy atom. The molecule has 0 bridgehead atoms. The monoisotopic (exact) mass is 417 g/mol. The minimum absolute atomic E-state index is 0. The average molecular weight is 417 g/mol. The summed E-state index contributed by atoms with van der Waals surface area (Å²) < 4.78 is 31.1. The molecule has 13 heteroatoms. The molecule has 28 heavy (non-hydrogen) atoms. The van der Waals surface area contributed by atoms with Crippen molar-refractivity contribution in [1.82, 2.24) is 5.06 Å². The molecule has 0 aromatic heterocycles. The third-order valence-corrected chi connectivity index (χ3v) is 4.83. The summed E-state index contributed by atoms with van der Waals surface area (Å²) in [6, 6.07) is 5.06. The number of carbonyl (C=O) groups excluding carboxylic acids is 5. The van der Waals surface area contributed by atoms with E-state index in [-0.39, 0.29) is 45.9 Å². The summed E-state index contributed by atoms with van der Waals surface area (Å²) in [5, 5.41) is -2.09. The van der Waals surface area contributed by atoms with Crippen LogP contribution in [0.1, 0.15) is 16.8 Å². The van der Waals surface area contributed by atoms with Crippen molar-refractivity contribution in [2.45, 2.75) is 11.7 Å². The molecule has 1 fully saturated rings. The van der Waals surface area contributed by atoms with Crippen LogP contribution in [0.2, 0.25) is 0 Å². The number of anilines is 1. The Balaban J connectivity index is 0.00000280. The number of imide groups is 2. The number of rotatable bonds is 4. The molecule has 0 saturated carbocycles. The van der Waals surface area contributed by atoms with Gasteiger partial charge in [-0.3, -0.25) is 23.7 Å². The van der Waals surface area contributed by atoms with Gasteiger partial charge in [-0.05, 0) is 18.2 Å². The van der Waals surface area contributed by atoms with Gasteiger partial charge < -0.3 is 4.84 Å². The minimum Gasteiger partial charge on any atom is -0.325 e. The largest absolute Gasteiger partial charge is 0.363 e. The molecule has 1 N–H and O–H groups in total. The van der Waals surface area contributed by atoms with E-state index in [0.717, 1.165) is 23.1 Å². The van der Waals surface area contributed by atoms with Gasteiger partial charge in [-0.15, -0.1) is 5.06 Å². The van der Waals surface area contributed by atoms with E-state index in [1.807, 2.05) is 0 Å². The van der Waals surface area contributed by atoms with Crippen molar-refractivity contribution in [2.24, 2.45) is 0 Å². The molecule has 2 aliphatic heterocycles. The molecule has 2 heterocycles. The normalized spacial score (nSPS) is 19.2. The first kappa shape index (κ1) is 21.9. The summed E-state index contributed by atoms with van der Waals surface area (Å²) in [7, 11) is -4.84. The third-order valence-electron chi connectivity index (χ3n) is 3.75. The van der Waals surface area contributed by atoms with Crippen molar-refractivity contribution >= 4 is 75.0 Å². The van der Waals surface area contributed by atoms with Crippen molar-refractivity contribution < 1.29 is 41.8 Å². The summed E-state index contributed by atoms with van der Waals surface area (Å²) in [5.41, 5.74) is -0.157. The molecule has 1 aromatic carbocycles. The van der Waals surface area contributed by atoms with Crippen LogP contribution in [-0.2, 0) is 34.1 Å². The minimum atomic E-state index is -4.84. The van der Waals surface area contributed by atoms with E-state index in [4.69, 9.17) is 4.55 Å². The van der Waals surface area contributed by atoms with E-state index in [2.05, 4.69) is 4.84 Å². The Kier molecular flexibility index (Phi) is 6.21. The van der Waals surface area contributed by atoms with Gasteiger partial charge in [-0.25, -0.2) is 9.69 Å². The van der Waals surface area contributed by atoms with Gasteiger partial charge >= 0.3 is 5.97 Å². The fourth-order valence-corrected chi connectivity index (χ4v) is 3.18. The summed E-state index contributed by atoms with van der Waals surface area (Å²) in [5.74, 6) is -4.97. The van der Waals surface area contributed by atoms with Gasteiger partial charge in [0.15, 0.2) is 5.25 Å². The predicted molar refractivity (Wildman–Crippen MR) is 91.1 cm³/mol. The molecular formula is C15H10N2NaO9S. The zero-order valence-corrected chi connectivity index (χ0v) is 17.1. The topological polar surface area (TPSA) is 155 Å². The smallest absolute Gasteiger partial charge is 0.325 e. The van der Waals surface area contributed by atoms with Gasteiger partial charge in [0.05, 0.1) is 17.7 Å². The molecule has 0 spiro atoms. The van der Waals surface area contributed by atoms with Crippen LogP contribution in [0.25, 0.3) is 0 Å². The quantitative estimate of drug-likeness (QED) is 0.362. The molecule has 0 aliphatic carbocycles. The van der Waals surface area contributed by atoms with Crippen LogP contribution in [0.5, 0.6) is 0 Å². The number of hydroxylamine groups is 2. The molecule has 4 amide bonds. The predicted octanol–water partition coefficient (Wildman–Crippen LogP) is -1.18. The number of amides is 4. The van der Waals surface area contributed by atoms with Crippen molar-refractivity contribution in [2.75, 3.05) is 4.90 Å². The molecule has 1 unspecified atom stereocenters.